The van der Waals surface area contributed by atoms with Gasteiger partial charge in [-0.15, -0.1) is 0 Å². The smallest absolute Gasteiger partial charge is 0.308 e. The molecule has 0 aliphatic carbocycles. The van der Waals surface area contributed by atoms with E-state index >= 15 is 0 Å². The summed E-state index contributed by atoms with van der Waals surface area (Å²) in [5.41, 5.74) is 0.263. The number of carboxylic acids is 1. The first-order valence-electron chi connectivity index (χ1n) is 5.46. The highest BCUT2D eigenvalue weighted by atomic mass is 127. The number of carbonyl (C=O) groups excluding carboxylic acids is 1. The Labute approximate surface area is 117 Å². The van der Waals surface area contributed by atoms with Crippen LogP contribution in [0.25, 0.3) is 0 Å². The van der Waals surface area contributed by atoms with Crippen molar-refractivity contribution < 1.29 is 19.1 Å². The van der Waals surface area contributed by atoms with Gasteiger partial charge in [-0.25, -0.2) is 4.39 Å². The maximum absolute atomic E-state index is 13.4. The molecule has 6 heteroatoms. The molecule has 1 amide bonds. The van der Waals surface area contributed by atoms with E-state index in [0.29, 0.717) is 16.5 Å². The molecule has 0 radical (unpaired) electrons. The minimum atomic E-state index is -0.890. The van der Waals surface area contributed by atoms with Crippen molar-refractivity contribution in [1.29, 1.82) is 0 Å². The average molecular weight is 363 g/mol. The first-order chi connectivity index (χ1) is 8.49. The number of rotatable bonds is 2. The predicted molar refractivity (Wildman–Crippen MR) is 70.8 cm³/mol. The van der Waals surface area contributed by atoms with Gasteiger partial charge < -0.3 is 10.0 Å². The molecule has 4 nitrogen and oxygen atoms in total. The number of carbonyl (C=O) groups is 2. The van der Waals surface area contributed by atoms with Crippen molar-refractivity contribution in [3.8, 4) is 0 Å². The van der Waals surface area contributed by atoms with Gasteiger partial charge in [-0.05, 0) is 47.2 Å². The van der Waals surface area contributed by atoms with Gasteiger partial charge in [0.1, 0.15) is 5.82 Å². The second kappa shape index (κ2) is 5.21. The second-order valence-corrected chi connectivity index (χ2v) is 5.37. The molecule has 1 aliphatic heterocycles. The summed E-state index contributed by atoms with van der Waals surface area (Å²) in [5, 5.41) is 8.86. The van der Waals surface area contributed by atoms with Gasteiger partial charge in [0.25, 0.3) is 5.91 Å². The number of halogens is 2. The molecule has 1 aromatic carbocycles. The van der Waals surface area contributed by atoms with Crippen LogP contribution in [-0.4, -0.2) is 35.0 Å². The summed E-state index contributed by atoms with van der Waals surface area (Å²) in [4.78, 5) is 24.3. The van der Waals surface area contributed by atoms with E-state index in [1.54, 1.807) is 6.07 Å². The SMILES string of the molecule is O=C(O)C1CCN(C(=O)c2ccc(I)c(F)c2)C1. The summed E-state index contributed by atoms with van der Waals surface area (Å²) in [6.07, 6.45) is 0.452. The molecule has 0 saturated carbocycles. The third-order valence-electron chi connectivity index (χ3n) is 2.99. The Morgan fingerprint density at radius 1 is 1.44 bits per heavy atom. The lowest BCUT2D eigenvalue weighted by molar-refractivity contribution is -0.141. The fraction of sp³-hybridized carbons (Fsp3) is 0.333. The molecule has 0 aromatic heterocycles. The molecule has 0 spiro atoms. The normalized spacial score (nSPS) is 19.0. The van der Waals surface area contributed by atoms with Crippen LogP contribution in [0.15, 0.2) is 18.2 Å². The topological polar surface area (TPSA) is 57.6 Å². The number of benzene rings is 1. The lowest BCUT2D eigenvalue weighted by atomic mass is 10.1. The Morgan fingerprint density at radius 2 is 2.17 bits per heavy atom. The van der Waals surface area contributed by atoms with Crippen LogP contribution in [0.1, 0.15) is 16.8 Å². The van der Waals surface area contributed by atoms with E-state index in [9.17, 15) is 14.0 Å². The lowest BCUT2D eigenvalue weighted by Crippen LogP contribution is -2.30. The minimum absolute atomic E-state index is 0.196. The monoisotopic (exact) mass is 363 g/mol. The molecule has 1 unspecified atom stereocenters. The van der Waals surface area contributed by atoms with E-state index in [1.807, 2.05) is 22.6 Å². The molecule has 1 saturated heterocycles. The number of hydrogen-bond donors (Lipinski definition) is 1. The van der Waals surface area contributed by atoms with Crippen LogP contribution < -0.4 is 0 Å². The van der Waals surface area contributed by atoms with Crippen molar-refractivity contribution in [3.05, 3.63) is 33.1 Å². The van der Waals surface area contributed by atoms with Gasteiger partial charge >= 0.3 is 5.97 Å². The summed E-state index contributed by atoms with van der Waals surface area (Å²) < 4.78 is 13.8. The number of aliphatic carboxylic acids is 1. The molecular weight excluding hydrogens is 352 g/mol. The van der Waals surface area contributed by atoms with E-state index in [-0.39, 0.29) is 18.0 Å². The molecule has 1 aliphatic rings. The van der Waals surface area contributed by atoms with Crippen LogP contribution in [0.2, 0.25) is 0 Å². The summed E-state index contributed by atoms with van der Waals surface area (Å²) >= 11 is 1.85. The van der Waals surface area contributed by atoms with Gasteiger partial charge in [0.15, 0.2) is 0 Å². The molecule has 1 N–H and O–H groups in total. The number of nitrogens with zero attached hydrogens (tertiary/aromatic N) is 1. The number of hydrogen-bond acceptors (Lipinski definition) is 2. The van der Waals surface area contributed by atoms with Gasteiger partial charge in [-0.2, -0.15) is 0 Å². The Balaban J connectivity index is 2.12. The summed E-state index contributed by atoms with van der Waals surface area (Å²) in [5.74, 6) is -2.15. The summed E-state index contributed by atoms with van der Waals surface area (Å²) in [6, 6.07) is 4.29. The highest BCUT2D eigenvalue weighted by Gasteiger charge is 2.31. The molecular formula is C12H11FINO3. The number of carboxylic acid groups (broad SMARTS) is 1. The second-order valence-electron chi connectivity index (χ2n) is 4.20. The first-order valence-corrected chi connectivity index (χ1v) is 6.54. The summed E-state index contributed by atoms with van der Waals surface area (Å²) in [6.45, 7) is 0.602. The molecule has 2 rings (SSSR count). The highest BCUT2D eigenvalue weighted by Crippen LogP contribution is 2.20. The van der Waals surface area contributed by atoms with Crippen molar-refractivity contribution in [2.24, 2.45) is 5.92 Å². The Morgan fingerprint density at radius 3 is 2.72 bits per heavy atom. The maximum Gasteiger partial charge on any atom is 0.308 e. The number of amides is 1. The standard InChI is InChI=1S/C12H11FINO3/c13-9-5-7(1-2-10(9)14)11(16)15-4-3-8(6-15)12(17)18/h1-2,5,8H,3-4,6H2,(H,17,18). The van der Waals surface area contributed by atoms with Crippen LogP contribution >= 0.6 is 22.6 Å². The van der Waals surface area contributed by atoms with Gasteiger partial charge in [0, 0.05) is 22.2 Å². The molecule has 18 heavy (non-hydrogen) atoms. The largest absolute Gasteiger partial charge is 0.481 e. The van der Waals surface area contributed by atoms with Crippen LogP contribution in [0, 0.1) is 15.3 Å². The fourth-order valence-corrected chi connectivity index (χ4v) is 2.29. The minimum Gasteiger partial charge on any atom is -0.481 e. The van der Waals surface area contributed by atoms with E-state index < -0.39 is 17.7 Å². The van der Waals surface area contributed by atoms with Crippen molar-refractivity contribution in [3.63, 3.8) is 0 Å². The zero-order valence-electron chi connectivity index (χ0n) is 9.40. The van der Waals surface area contributed by atoms with Gasteiger partial charge in [-0.1, -0.05) is 0 Å². The Kier molecular flexibility index (Phi) is 3.84. The number of likely N-dealkylation sites (tertiary alicyclic amines) is 1. The Bertz CT molecular complexity index is 506. The van der Waals surface area contributed by atoms with E-state index in [0.717, 1.165) is 0 Å². The predicted octanol–water partition coefficient (Wildman–Crippen LogP) is 1.98. The summed E-state index contributed by atoms with van der Waals surface area (Å²) in [7, 11) is 0. The van der Waals surface area contributed by atoms with Gasteiger partial charge in [-0.3, -0.25) is 9.59 Å². The third-order valence-corrected chi connectivity index (χ3v) is 3.87. The molecule has 1 aromatic rings. The van der Waals surface area contributed by atoms with Crippen LogP contribution in [-0.2, 0) is 4.79 Å². The van der Waals surface area contributed by atoms with E-state index in [2.05, 4.69) is 0 Å². The maximum atomic E-state index is 13.4. The van der Waals surface area contributed by atoms with Crippen molar-refractivity contribution >= 4 is 34.5 Å². The lowest BCUT2D eigenvalue weighted by Gasteiger charge is -2.15. The van der Waals surface area contributed by atoms with Gasteiger partial charge in [0.05, 0.1) is 5.92 Å². The van der Waals surface area contributed by atoms with Gasteiger partial charge in [0.2, 0.25) is 0 Å². The van der Waals surface area contributed by atoms with Crippen molar-refractivity contribution in [1.82, 2.24) is 4.90 Å². The zero-order valence-corrected chi connectivity index (χ0v) is 11.6. The Hall–Kier alpha value is -1.18. The van der Waals surface area contributed by atoms with E-state index in [4.69, 9.17) is 5.11 Å². The average Bonchev–Trinajstić information content (AvgIpc) is 2.81. The molecule has 1 fully saturated rings. The molecule has 1 atom stereocenters. The first kappa shape index (κ1) is 13.3. The molecule has 0 bridgehead atoms. The van der Waals surface area contributed by atoms with E-state index in [1.165, 1.54) is 17.0 Å². The molecule has 1 heterocycles. The van der Waals surface area contributed by atoms with Crippen LogP contribution in [0.5, 0.6) is 0 Å². The quantitative estimate of drug-likeness (QED) is 0.818. The third kappa shape index (κ3) is 2.63. The van der Waals surface area contributed by atoms with Crippen molar-refractivity contribution in [2.45, 2.75) is 6.42 Å². The van der Waals surface area contributed by atoms with Crippen LogP contribution in [0.4, 0.5) is 4.39 Å². The fourth-order valence-electron chi connectivity index (χ4n) is 1.96. The zero-order chi connectivity index (χ0) is 13.3. The van der Waals surface area contributed by atoms with Crippen LogP contribution in [0.3, 0.4) is 0 Å². The van der Waals surface area contributed by atoms with Crippen molar-refractivity contribution in [2.75, 3.05) is 13.1 Å². The highest BCUT2D eigenvalue weighted by molar-refractivity contribution is 14.1. The molecule has 96 valence electrons.